The van der Waals surface area contributed by atoms with Crippen molar-refractivity contribution in [3.05, 3.63) is 102 Å². The first-order chi connectivity index (χ1) is 16.0. The Bertz CT molecular complexity index is 1060. The van der Waals surface area contributed by atoms with Gasteiger partial charge in [0, 0.05) is 31.7 Å². The average Bonchev–Trinajstić information content (AvgIpc) is 3.24. The highest BCUT2D eigenvalue weighted by Crippen LogP contribution is 2.28. The highest BCUT2D eigenvalue weighted by molar-refractivity contribution is 6.00. The van der Waals surface area contributed by atoms with Crippen LogP contribution in [0.5, 0.6) is 0 Å². The Balaban J connectivity index is 1.48. The fourth-order valence-corrected chi connectivity index (χ4v) is 4.40. The van der Waals surface area contributed by atoms with Crippen molar-refractivity contribution in [1.82, 2.24) is 4.90 Å². The van der Waals surface area contributed by atoms with Crippen molar-refractivity contribution in [2.75, 3.05) is 18.0 Å². The summed E-state index contributed by atoms with van der Waals surface area (Å²) in [5.74, 6) is 0.207. The molecule has 4 heteroatoms. The molecular weight excluding hydrogens is 408 g/mol. The average molecular weight is 441 g/mol. The van der Waals surface area contributed by atoms with Gasteiger partial charge in [-0.3, -0.25) is 9.59 Å². The van der Waals surface area contributed by atoms with Crippen LogP contribution in [0.3, 0.4) is 0 Å². The van der Waals surface area contributed by atoms with E-state index >= 15 is 0 Å². The van der Waals surface area contributed by atoms with Crippen molar-refractivity contribution >= 4 is 17.5 Å². The van der Waals surface area contributed by atoms with E-state index in [9.17, 15) is 9.59 Å². The van der Waals surface area contributed by atoms with Crippen molar-refractivity contribution in [3.8, 4) is 0 Å². The monoisotopic (exact) mass is 440 g/mol. The lowest BCUT2D eigenvalue weighted by molar-refractivity contribution is -0.136. The number of amides is 2. The third-order valence-corrected chi connectivity index (χ3v) is 6.39. The van der Waals surface area contributed by atoms with Gasteiger partial charge in [0.2, 0.25) is 11.8 Å². The summed E-state index contributed by atoms with van der Waals surface area (Å²) in [4.78, 5) is 30.1. The predicted octanol–water partition coefficient (Wildman–Crippen LogP) is 5.43. The molecule has 0 bridgehead atoms. The fourth-order valence-electron chi connectivity index (χ4n) is 4.40. The zero-order chi connectivity index (χ0) is 23.2. The summed E-state index contributed by atoms with van der Waals surface area (Å²) in [6.07, 6.45) is 1.06. The van der Waals surface area contributed by atoms with Gasteiger partial charge >= 0.3 is 0 Å². The molecule has 0 N–H and O–H groups in total. The second-order valence-electron chi connectivity index (χ2n) is 9.13. The molecule has 1 fully saturated rings. The molecule has 1 saturated heterocycles. The first-order valence-corrected chi connectivity index (χ1v) is 11.8. The minimum atomic E-state index is -0.318. The number of nitrogens with zero attached hydrogens (tertiary/aromatic N) is 2. The lowest BCUT2D eigenvalue weighted by Gasteiger charge is -2.26. The van der Waals surface area contributed by atoms with Crippen LogP contribution in [0.4, 0.5) is 5.69 Å². The molecule has 1 atom stereocenters. The van der Waals surface area contributed by atoms with E-state index < -0.39 is 0 Å². The minimum absolute atomic E-state index is 0.0216. The van der Waals surface area contributed by atoms with Crippen molar-refractivity contribution in [3.63, 3.8) is 0 Å². The molecule has 0 aromatic heterocycles. The molecule has 4 rings (SSSR count). The van der Waals surface area contributed by atoms with Crippen LogP contribution in [-0.2, 0) is 22.6 Å². The molecule has 1 unspecified atom stereocenters. The van der Waals surface area contributed by atoms with Gasteiger partial charge in [-0.05, 0) is 41.2 Å². The lowest BCUT2D eigenvalue weighted by Crippen LogP contribution is -2.38. The maximum Gasteiger partial charge on any atom is 0.228 e. The number of hydrogen-bond donors (Lipinski definition) is 0. The zero-order valence-corrected chi connectivity index (χ0v) is 19.5. The van der Waals surface area contributed by atoms with Crippen molar-refractivity contribution in [1.29, 1.82) is 0 Å². The maximum absolute atomic E-state index is 13.6. The van der Waals surface area contributed by atoms with E-state index in [0.717, 1.165) is 17.7 Å². The Labute approximate surface area is 196 Å². The molecule has 1 heterocycles. The van der Waals surface area contributed by atoms with Gasteiger partial charge in [0.15, 0.2) is 0 Å². The Hall–Kier alpha value is -3.40. The van der Waals surface area contributed by atoms with E-state index in [0.29, 0.717) is 25.6 Å². The van der Waals surface area contributed by atoms with Crippen molar-refractivity contribution in [2.24, 2.45) is 5.92 Å². The van der Waals surface area contributed by atoms with Crippen LogP contribution >= 0.6 is 0 Å². The Kier molecular flexibility index (Phi) is 7.23. The topological polar surface area (TPSA) is 40.6 Å². The number of rotatable bonds is 8. The number of anilines is 1. The molecule has 0 radical (unpaired) electrons. The third-order valence-electron chi connectivity index (χ3n) is 6.39. The lowest BCUT2D eigenvalue weighted by atomic mass is 10.0. The smallest absolute Gasteiger partial charge is 0.228 e. The number of hydrogen-bond acceptors (Lipinski definition) is 2. The molecule has 2 amide bonds. The van der Waals surface area contributed by atoms with E-state index in [1.807, 2.05) is 65.6 Å². The number of carbonyl (C=O) groups is 2. The van der Waals surface area contributed by atoms with E-state index in [-0.39, 0.29) is 24.2 Å². The quantitative estimate of drug-likeness (QED) is 0.468. The predicted molar refractivity (Wildman–Crippen MR) is 133 cm³/mol. The van der Waals surface area contributed by atoms with E-state index in [4.69, 9.17) is 0 Å². The molecule has 3 aromatic rings. The molecule has 0 aliphatic carbocycles. The van der Waals surface area contributed by atoms with Crippen LogP contribution < -0.4 is 4.90 Å². The summed E-state index contributed by atoms with van der Waals surface area (Å²) in [6, 6.07) is 28.4. The molecular formula is C29H32N2O2. The summed E-state index contributed by atoms with van der Waals surface area (Å²) in [5.41, 5.74) is 4.42. The van der Waals surface area contributed by atoms with Gasteiger partial charge < -0.3 is 9.80 Å². The molecule has 1 aliphatic rings. The molecule has 0 saturated carbocycles. The van der Waals surface area contributed by atoms with Gasteiger partial charge in [0.1, 0.15) is 0 Å². The Morgan fingerprint density at radius 3 is 2.12 bits per heavy atom. The minimum Gasteiger partial charge on any atom is -0.338 e. The first kappa shape index (κ1) is 22.8. The normalized spacial score (nSPS) is 15.8. The van der Waals surface area contributed by atoms with Crippen LogP contribution in [0.25, 0.3) is 0 Å². The molecule has 170 valence electrons. The van der Waals surface area contributed by atoms with Gasteiger partial charge in [-0.1, -0.05) is 86.6 Å². The third kappa shape index (κ3) is 5.70. The molecule has 0 spiro atoms. The maximum atomic E-state index is 13.6. The van der Waals surface area contributed by atoms with Crippen molar-refractivity contribution in [2.45, 2.75) is 39.2 Å². The largest absolute Gasteiger partial charge is 0.338 e. The Morgan fingerprint density at radius 2 is 1.52 bits per heavy atom. The first-order valence-electron chi connectivity index (χ1n) is 11.8. The highest BCUT2D eigenvalue weighted by atomic mass is 16.2. The molecule has 4 nitrogen and oxygen atoms in total. The molecule has 3 aromatic carbocycles. The fraction of sp³-hybridized carbons (Fsp3) is 0.310. The summed E-state index contributed by atoms with van der Waals surface area (Å²) in [6.45, 7) is 5.93. The van der Waals surface area contributed by atoms with Crippen LogP contribution in [0.15, 0.2) is 84.9 Å². The summed E-state index contributed by atoms with van der Waals surface area (Å²) in [7, 11) is 0. The Morgan fingerprint density at radius 1 is 0.909 bits per heavy atom. The number of benzene rings is 3. The summed E-state index contributed by atoms with van der Waals surface area (Å²) < 4.78 is 0. The van der Waals surface area contributed by atoms with Crippen LogP contribution in [0, 0.1) is 5.92 Å². The highest BCUT2D eigenvalue weighted by Gasteiger charge is 2.37. The second-order valence-corrected chi connectivity index (χ2v) is 9.13. The van der Waals surface area contributed by atoms with Crippen molar-refractivity contribution < 1.29 is 9.59 Å². The van der Waals surface area contributed by atoms with E-state index in [1.54, 1.807) is 4.90 Å². The molecule has 1 aliphatic heterocycles. The second kappa shape index (κ2) is 10.5. The van der Waals surface area contributed by atoms with Gasteiger partial charge in [-0.2, -0.15) is 0 Å². The van der Waals surface area contributed by atoms with Gasteiger partial charge in [-0.25, -0.2) is 0 Å². The zero-order valence-electron chi connectivity index (χ0n) is 19.5. The van der Waals surface area contributed by atoms with E-state index in [1.165, 1.54) is 11.1 Å². The SMILES string of the molecule is CC(C)c1ccc(N2CC(C(=O)N(CCc3ccccc3)Cc3ccccc3)CC2=O)cc1. The number of carbonyl (C=O) groups excluding carboxylic acids is 2. The van der Waals surface area contributed by atoms with Gasteiger partial charge in [0.25, 0.3) is 0 Å². The van der Waals surface area contributed by atoms with Gasteiger partial charge in [0.05, 0.1) is 5.92 Å². The van der Waals surface area contributed by atoms with Gasteiger partial charge in [-0.15, -0.1) is 0 Å². The summed E-state index contributed by atoms with van der Waals surface area (Å²) >= 11 is 0. The van der Waals surface area contributed by atoms with E-state index in [2.05, 4.69) is 38.1 Å². The van der Waals surface area contributed by atoms with Crippen LogP contribution in [0.1, 0.15) is 42.9 Å². The van der Waals surface area contributed by atoms with Crippen LogP contribution in [0.2, 0.25) is 0 Å². The standard InChI is InChI=1S/C29H32N2O2/c1-22(2)25-13-15-27(16-14-25)31-21-26(19-28(31)32)29(33)30(20-24-11-7-4-8-12-24)18-17-23-9-5-3-6-10-23/h3-16,22,26H,17-21H2,1-2H3. The molecule has 33 heavy (non-hydrogen) atoms. The van der Waals surface area contributed by atoms with Crippen LogP contribution in [-0.4, -0.2) is 29.8 Å². The summed E-state index contributed by atoms with van der Waals surface area (Å²) in [5, 5.41) is 0.